The molecule has 3 heterocycles. The van der Waals surface area contributed by atoms with E-state index in [0.717, 1.165) is 29.2 Å². The van der Waals surface area contributed by atoms with E-state index < -0.39 is 0 Å². The van der Waals surface area contributed by atoms with Crippen molar-refractivity contribution in [3.63, 3.8) is 0 Å². The fourth-order valence-corrected chi connectivity index (χ4v) is 3.56. The van der Waals surface area contributed by atoms with Gasteiger partial charge in [0, 0.05) is 31.3 Å². The number of ether oxygens (including phenoxy) is 1. The maximum absolute atomic E-state index is 12.5. The van der Waals surface area contributed by atoms with E-state index in [1.54, 1.807) is 6.20 Å². The molecule has 2 aliphatic heterocycles. The van der Waals surface area contributed by atoms with E-state index in [1.165, 1.54) is 25.9 Å². The van der Waals surface area contributed by atoms with Crippen LogP contribution in [-0.2, 0) is 17.8 Å². The van der Waals surface area contributed by atoms with Crippen LogP contribution in [0.1, 0.15) is 24.1 Å². The van der Waals surface area contributed by atoms with E-state index in [9.17, 15) is 4.79 Å². The van der Waals surface area contributed by atoms with Crippen LogP contribution in [-0.4, -0.2) is 53.3 Å². The summed E-state index contributed by atoms with van der Waals surface area (Å²) in [5.41, 5.74) is 2.92. The van der Waals surface area contributed by atoms with Gasteiger partial charge in [0.25, 0.3) is 0 Å². The van der Waals surface area contributed by atoms with Gasteiger partial charge in [0.1, 0.15) is 12.4 Å². The molecular weight excluding hydrogens is 330 g/mol. The zero-order chi connectivity index (χ0) is 17.8. The number of nitrogens with zero attached hydrogens (tertiary/aromatic N) is 2. The third kappa shape index (κ3) is 4.05. The summed E-state index contributed by atoms with van der Waals surface area (Å²) in [7, 11) is 0. The predicted molar refractivity (Wildman–Crippen MR) is 99.2 cm³/mol. The Balaban J connectivity index is 1.29. The lowest BCUT2D eigenvalue weighted by Crippen LogP contribution is -2.44. The molecule has 4 rings (SSSR count). The number of H-pyrrole nitrogens is 1. The number of rotatable bonds is 6. The molecular formula is C19H25N5O2. The minimum absolute atomic E-state index is 0.0360. The van der Waals surface area contributed by atoms with Gasteiger partial charge in [0.15, 0.2) is 0 Å². The highest BCUT2D eigenvalue weighted by atomic mass is 16.5. The van der Waals surface area contributed by atoms with Crippen molar-refractivity contribution in [3.05, 3.63) is 41.7 Å². The fourth-order valence-electron chi connectivity index (χ4n) is 3.56. The number of anilines is 1. The maximum Gasteiger partial charge on any atom is 0.241 e. The topological polar surface area (TPSA) is 82.3 Å². The van der Waals surface area contributed by atoms with Crippen molar-refractivity contribution < 1.29 is 9.53 Å². The highest BCUT2D eigenvalue weighted by molar-refractivity contribution is 5.95. The molecule has 7 heteroatoms. The molecule has 1 aromatic carbocycles. The Hall–Kier alpha value is -2.38. The lowest BCUT2D eigenvalue weighted by atomic mass is 10.0. The quantitative estimate of drug-likeness (QED) is 0.732. The van der Waals surface area contributed by atoms with Gasteiger partial charge < -0.3 is 10.1 Å². The molecule has 1 unspecified atom stereocenters. The minimum Gasteiger partial charge on any atom is -0.492 e. The first kappa shape index (κ1) is 17.1. The summed E-state index contributed by atoms with van der Waals surface area (Å²) in [4.78, 5) is 15.0. The summed E-state index contributed by atoms with van der Waals surface area (Å²) in [6.45, 7) is 4.60. The summed E-state index contributed by atoms with van der Waals surface area (Å²) >= 11 is 0. The smallest absolute Gasteiger partial charge is 0.241 e. The van der Waals surface area contributed by atoms with E-state index in [0.29, 0.717) is 19.6 Å². The number of hydrogen-bond donors (Lipinski definition) is 3. The Bertz CT molecular complexity index is 754. The molecule has 1 saturated heterocycles. The van der Waals surface area contributed by atoms with Gasteiger partial charge in [0.2, 0.25) is 5.91 Å². The lowest BCUT2D eigenvalue weighted by molar-refractivity contribution is -0.118. The number of carbonyl (C=O) groups is 1. The van der Waals surface area contributed by atoms with Crippen molar-refractivity contribution in [1.29, 1.82) is 0 Å². The van der Waals surface area contributed by atoms with Gasteiger partial charge in [-0.05, 0) is 43.6 Å². The van der Waals surface area contributed by atoms with Gasteiger partial charge in [-0.1, -0.05) is 6.07 Å². The summed E-state index contributed by atoms with van der Waals surface area (Å²) in [6, 6.07) is 7.35. The van der Waals surface area contributed by atoms with Gasteiger partial charge >= 0.3 is 0 Å². The molecule has 2 aromatic rings. The second-order valence-corrected chi connectivity index (χ2v) is 6.93. The van der Waals surface area contributed by atoms with Gasteiger partial charge in [0.05, 0.1) is 17.9 Å². The zero-order valence-corrected chi connectivity index (χ0v) is 14.8. The van der Waals surface area contributed by atoms with E-state index in [2.05, 4.69) is 25.7 Å². The molecule has 26 heavy (non-hydrogen) atoms. The van der Waals surface area contributed by atoms with Gasteiger partial charge in [-0.15, -0.1) is 0 Å². The number of benzene rings is 1. The molecule has 0 radical (unpaired) electrons. The second-order valence-electron chi connectivity index (χ2n) is 6.93. The number of fused-ring (bicyclic) bond motifs is 1. The Morgan fingerprint density at radius 2 is 2.23 bits per heavy atom. The van der Waals surface area contributed by atoms with Crippen molar-refractivity contribution in [2.45, 2.75) is 31.8 Å². The number of nitrogens with one attached hydrogen (secondary N) is 3. The first-order valence-electron chi connectivity index (χ1n) is 9.28. The van der Waals surface area contributed by atoms with Crippen molar-refractivity contribution in [2.75, 3.05) is 31.6 Å². The Morgan fingerprint density at radius 3 is 3.12 bits per heavy atom. The molecule has 0 spiro atoms. The van der Waals surface area contributed by atoms with Gasteiger partial charge in [-0.3, -0.25) is 20.1 Å². The van der Waals surface area contributed by atoms with Crippen LogP contribution in [0.5, 0.6) is 5.75 Å². The van der Waals surface area contributed by atoms with Gasteiger partial charge in [-0.2, -0.15) is 5.10 Å². The zero-order valence-electron chi connectivity index (χ0n) is 14.8. The van der Waals surface area contributed by atoms with Crippen LogP contribution in [0, 0.1) is 0 Å². The molecule has 3 N–H and O–H groups in total. The highest BCUT2D eigenvalue weighted by Gasteiger charge is 2.25. The second kappa shape index (κ2) is 7.88. The van der Waals surface area contributed by atoms with E-state index in [1.807, 2.05) is 24.3 Å². The molecule has 0 bridgehead atoms. The monoisotopic (exact) mass is 355 g/mol. The number of aromatic nitrogens is 2. The SMILES string of the molecule is O=C(Nc1cccc(OCCN2CCCC2)c1)C1Cc2cn[nH]c2CN1. The molecule has 0 saturated carbocycles. The average Bonchev–Trinajstić information content (AvgIpc) is 3.33. The third-order valence-electron chi connectivity index (χ3n) is 5.05. The first-order valence-corrected chi connectivity index (χ1v) is 9.28. The summed E-state index contributed by atoms with van der Waals surface area (Å²) < 4.78 is 5.85. The molecule has 1 aromatic heterocycles. The molecule has 1 fully saturated rings. The number of aromatic amines is 1. The molecule has 1 amide bonds. The van der Waals surface area contributed by atoms with Crippen molar-refractivity contribution >= 4 is 11.6 Å². The van der Waals surface area contributed by atoms with Gasteiger partial charge in [-0.25, -0.2) is 0 Å². The van der Waals surface area contributed by atoms with E-state index in [-0.39, 0.29) is 11.9 Å². The van der Waals surface area contributed by atoms with E-state index >= 15 is 0 Å². The molecule has 1 atom stereocenters. The molecule has 2 aliphatic rings. The Labute approximate surface area is 153 Å². The molecule has 7 nitrogen and oxygen atoms in total. The van der Waals surface area contributed by atoms with Crippen LogP contribution in [0.4, 0.5) is 5.69 Å². The third-order valence-corrected chi connectivity index (χ3v) is 5.05. The highest BCUT2D eigenvalue weighted by Crippen LogP contribution is 2.19. The number of amides is 1. The van der Waals surface area contributed by atoms with Crippen LogP contribution in [0.3, 0.4) is 0 Å². The van der Waals surface area contributed by atoms with Crippen LogP contribution in [0.2, 0.25) is 0 Å². The van der Waals surface area contributed by atoms with Crippen LogP contribution < -0.4 is 15.4 Å². The maximum atomic E-state index is 12.5. The van der Waals surface area contributed by atoms with Crippen molar-refractivity contribution in [1.82, 2.24) is 20.4 Å². The van der Waals surface area contributed by atoms with Crippen LogP contribution in [0.25, 0.3) is 0 Å². The lowest BCUT2D eigenvalue weighted by Gasteiger charge is -2.22. The summed E-state index contributed by atoms with van der Waals surface area (Å²) in [5, 5.41) is 13.2. The Morgan fingerprint density at radius 1 is 1.35 bits per heavy atom. The van der Waals surface area contributed by atoms with E-state index in [4.69, 9.17) is 4.74 Å². The number of hydrogen-bond acceptors (Lipinski definition) is 5. The number of carbonyl (C=O) groups excluding carboxylic acids is 1. The van der Waals surface area contributed by atoms with Crippen LogP contribution >= 0.6 is 0 Å². The first-order chi connectivity index (χ1) is 12.8. The molecule has 0 aliphatic carbocycles. The van der Waals surface area contributed by atoms with Crippen molar-refractivity contribution in [3.8, 4) is 5.75 Å². The predicted octanol–water partition coefficient (Wildman–Crippen LogP) is 1.54. The fraction of sp³-hybridized carbons (Fsp3) is 0.474. The Kier molecular flexibility index (Phi) is 5.17. The summed E-state index contributed by atoms with van der Waals surface area (Å²) in [5.74, 6) is 0.752. The normalized spacial score (nSPS) is 19.9. The summed E-state index contributed by atoms with van der Waals surface area (Å²) in [6.07, 6.45) is 5.02. The average molecular weight is 355 g/mol. The number of likely N-dealkylation sites (tertiary alicyclic amines) is 1. The molecule has 138 valence electrons. The minimum atomic E-state index is -0.250. The van der Waals surface area contributed by atoms with Crippen molar-refractivity contribution in [2.24, 2.45) is 0 Å². The standard InChI is InChI=1S/C19H25N5O2/c25-19(17-10-14-12-21-23-18(14)13-20-17)22-15-4-3-5-16(11-15)26-9-8-24-6-1-2-7-24/h3-5,11-12,17,20H,1-2,6-10,13H2,(H,21,23)(H,22,25). The van der Waals surface area contributed by atoms with Crippen LogP contribution in [0.15, 0.2) is 30.5 Å². The largest absolute Gasteiger partial charge is 0.492 e.